The van der Waals surface area contributed by atoms with Gasteiger partial charge in [-0.2, -0.15) is 0 Å². The van der Waals surface area contributed by atoms with Crippen LogP contribution in [0.25, 0.3) is 0 Å². The Balaban J connectivity index is 0.000000206. The second-order valence-electron chi connectivity index (χ2n) is 14.7. The molecule has 0 aliphatic carbocycles. The second-order valence-corrected chi connectivity index (χ2v) is 16.9. The predicted molar refractivity (Wildman–Crippen MR) is 227 cm³/mol. The largest absolute Gasteiger partial charge is 0.326 e. The molecule has 0 aliphatic heterocycles. The summed E-state index contributed by atoms with van der Waals surface area (Å²) >= 11 is 0. The van der Waals surface area contributed by atoms with Crippen molar-refractivity contribution in [3.63, 3.8) is 0 Å². The molecule has 0 aliphatic rings. The molecule has 7 rings (SSSR count). The molecule has 0 atom stereocenters. The molecule has 4 heteroatoms. The highest BCUT2D eigenvalue weighted by Crippen LogP contribution is 2.34. The molecule has 1 heterocycles. The van der Waals surface area contributed by atoms with Crippen LogP contribution in [-0.4, -0.2) is 25.8 Å². The summed E-state index contributed by atoms with van der Waals surface area (Å²) in [4.78, 5) is 4.48. The quantitative estimate of drug-likeness (QED) is 0.120. The van der Waals surface area contributed by atoms with E-state index < -0.39 is 9.52 Å². The standard InChI is InChI=1S/C30H36N2Si.C18H15B/c1-23(2)20-25-10-14-27(15-11-25)30(32-19-18-31-22-32,33-29-8-6-5-7-9-29)28-16-12-26(13-17-28)21-24(3)4;1-4-10-16(11-5-1)19(17-12-6-2-7-13-17)18-14-8-3-9-15-18/h5-19,22-24H,20-21,33H2,1-4H3;1-15H. The van der Waals surface area contributed by atoms with Crippen LogP contribution in [0.15, 0.2) is 189 Å². The molecule has 0 amide bonds. The average Bonchev–Trinajstić information content (AvgIpc) is 3.72. The summed E-state index contributed by atoms with van der Waals surface area (Å²) in [7, 11) is -0.815. The van der Waals surface area contributed by atoms with Crippen molar-refractivity contribution in [1.82, 2.24) is 9.55 Å². The van der Waals surface area contributed by atoms with Crippen LogP contribution in [0.4, 0.5) is 0 Å². The molecule has 6 aromatic carbocycles. The zero-order valence-electron chi connectivity index (χ0n) is 31.1. The van der Waals surface area contributed by atoms with Crippen LogP contribution in [0.1, 0.15) is 49.9 Å². The highest BCUT2D eigenvalue weighted by molar-refractivity contribution is 6.95. The van der Waals surface area contributed by atoms with Gasteiger partial charge in [-0.05, 0) is 46.9 Å². The summed E-state index contributed by atoms with van der Waals surface area (Å²) in [5.74, 6) is 1.31. The lowest BCUT2D eigenvalue weighted by Crippen LogP contribution is -2.51. The van der Waals surface area contributed by atoms with Crippen LogP contribution < -0.4 is 21.6 Å². The number of nitrogens with zero attached hydrogens (tertiary/aromatic N) is 2. The van der Waals surface area contributed by atoms with Crippen LogP contribution in [0.3, 0.4) is 0 Å². The topological polar surface area (TPSA) is 17.8 Å². The summed E-state index contributed by atoms with van der Waals surface area (Å²) in [5.41, 5.74) is 9.50. The van der Waals surface area contributed by atoms with Gasteiger partial charge >= 0.3 is 0 Å². The van der Waals surface area contributed by atoms with Crippen molar-refractivity contribution < 1.29 is 0 Å². The van der Waals surface area contributed by atoms with Crippen molar-refractivity contribution >= 4 is 37.8 Å². The molecular weight excluding hydrogens is 643 g/mol. The van der Waals surface area contributed by atoms with Crippen molar-refractivity contribution in [3.8, 4) is 0 Å². The maximum atomic E-state index is 4.48. The SMILES string of the molecule is CC(C)Cc1ccc(C([SiH2]c2ccccc2)(c2ccc(CC(C)C)cc2)n2ccnc2)cc1.c1ccc(B(c2ccccc2)c2ccccc2)cc1. The average molecular weight is 695 g/mol. The molecule has 0 saturated heterocycles. The fourth-order valence-electron chi connectivity index (χ4n) is 7.43. The van der Waals surface area contributed by atoms with E-state index in [1.165, 1.54) is 43.8 Å². The van der Waals surface area contributed by atoms with Gasteiger partial charge in [-0.15, -0.1) is 0 Å². The summed E-state index contributed by atoms with van der Waals surface area (Å²) < 4.78 is 2.35. The molecular formula is C48H51BN2Si. The highest BCUT2D eigenvalue weighted by atomic mass is 28.2. The molecule has 52 heavy (non-hydrogen) atoms. The number of hydrogen-bond donors (Lipinski definition) is 0. The Labute approximate surface area is 314 Å². The lowest BCUT2D eigenvalue weighted by molar-refractivity contribution is 0.594. The molecule has 0 unspecified atom stereocenters. The molecule has 0 saturated carbocycles. The van der Waals surface area contributed by atoms with Crippen molar-refractivity contribution in [2.45, 2.75) is 45.7 Å². The zero-order chi connectivity index (χ0) is 36.2. The third kappa shape index (κ3) is 9.18. The van der Waals surface area contributed by atoms with Crippen LogP contribution >= 0.6 is 0 Å². The third-order valence-corrected chi connectivity index (χ3v) is 12.4. The van der Waals surface area contributed by atoms with Crippen molar-refractivity contribution in [2.24, 2.45) is 11.8 Å². The van der Waals surface area contributed by atoms with Crippen molar-refractivity contribution in [2.75, 3.05) is 0 Å². The lowest BCUT2D eigenvalue weighted by atomic mass is 9.37. The summed E-state index contributed by atoms with van der Waals surface area (Å²) in [6.07, 6.45) is 8.27. The number of rotatable bonds is 12. The van der Waals surface area contributed by atoms with Gasteiger partial charge in [-0.3, -0.25) is 0 Å². The monoisotopic (exact) mass is 694 g/mol. The van der Waals surface area contributed by atoms with Gasteiger partial charge in [0, 0.05) is 12.4 Å². The first-order valence-corrected chi connectivity index (χ1v) is 20.2. The van der Waals surface area contributed by atoms with Gasteiger partial charge in [0.25, 0.3) is 0 Å². The molecule has 0 bridgehead atoms. The molecule has 0 N–H and O–H groups in total. The minimum atomic E-state index is -0.815. The lowest BCUT2D eigenvalue weighted by Gasteiger charge is -2.37. The van der Waals surface area contributed by atoms with Gasteiger partial charge in [0.15, 0.2) is 0 Å². The van der Waals surface area contributed by atoms with Gasteiger partial charge in [0.2, 0.25) is 6.71 Å². The molecule has 260 valence electrons. The first-order chi connectivity index (χ1) is 25.4. The third-order valence-electron chi connectivity index (χ3n) is 9.80. The van der Waals surface area contributed by atoms with Crippen LogP contribution in [0.5, 0.6) is 0 Å². The highest BCUT2D eigenvalue weighted by Gasteiger charge is 2.37. The number of hydrogen-bond acceptors (Lipinski definition) is 1. The summed E-state index contributed by atoms with van der Waals surface area (Å²) in [5, 5.41) is 1.22. The van der Waals surface area contributed by atoms with E-state index in [0.29, 0.717) is 18.5 Å². The molecule has 7 aromatic rings. The van der Waals surface area contributed by atoms with Gasteiger partial charge in [0.1, 0.15) is 0 Å². The Kier molecular flexibility index (Phi) is 12.6. The van der Waals surface area contributed by atoms with Crippen LogP contribution in [0.2, 0.25) is 0 Å². The molecule has 1 aromatic heterocycles. The first kappa shape index (κ1) is 36.6. The van der Waals surface area contributed by atoms with E-state index in [0.717, 1.165) is 12.8 Å². The minimum absolute atomic E-state index is 0.232. The summed E-state index contributed by atoms with van der Waals surface area (Å²) in [6, 6.07) is 61.8. The predicted octanol–water partition coefficient (Wildman–Crippen LogP) is 7.73. The molecule has 0 spiro atoms. The number of imidazole rings is 1. The van der Waals surface area contributed by atoms with Gasteiger partial charge in [0.05, 0.1) is 21.0 Å². The normalized spacial score (nSPS) is 11.5. The van der Waals surface area contributed by atoms with Gasteiger partial charge < -0.3 is 4.57 Å². The van der Waals surface area contributed by atoms with Crippen LogP contribution in [-0.2, 0) is 18.0 Å². The fraction of sp³-hybridized carbons (Fsp3) is 0.188. The summed E-state index contributed by atoms with van der Waals surface area (Å²) in [6.45, 7) is 9.44. The fourth-order valence-corrected chi connectivity index (χ4v) is 9.77. The first-order valence-electron chi connectivity index (χ1n) is 18.8. The molecule has 2 nitrogen and oxygen atoms in total. The molecule has 0 radical (unpaired) electrons. The Morgan fingerprint density at radius 3 is 1.25 bits per heavy atom. The Morgan fingerprint density at radius 2 is 0.904 bits per heavy atom. The maximum absolute atomic E-state index is 4.48. The van der Waals surface area contributed by atoms with E-state index in [4.69, 9.17) is 0 Å². The number of benzene rings is 6. The van der Waals surface area contributed by atoms with E-state index in [1.807, 2.05) is 12.5 Å². The Morgan fingerprint density at radius 1 is 0.519 bits per heavy atom. The maximum Gasteiger partial charge on any atom is 0.241 e. The Hall–Kier alpha value is -5.19. The van der Waals surface area contributed by atoms with E-state index in [-0.39, 0.29) is 5.16 Å². The van der Waals surface area contributed by atoms with E-state index in [2.05, 4.69) is 213 Å². The van der Waals surface area contributed by atoms with Gasteiger partial charge in [-0.1, -0.05) is 219 Å². The minimum Gasteiger partial charge on any atom is -0.326 e. The second kappa shape index (κ2) is 17.8. The molecule has 0 fully saturated rings. The van der Waals surface area contributed by atoms with E-state index in [1.54, 1.807) is 0 Å². The Bertz CT molecular complexity index is 1880. The van der Waals surface area contributed by atoms with Crippen LogP contribution in [0, 0.1) is 11.8 Å². The van der Waals surface area contributed by atoms with E-state index in [9.17, 15) is 0 Å². The number of aromatic nitrogens is 2. The zero-order valence-corrected chi connectivity index (χ0v) is 32.6. The smallest absolute Gasteiger partial charge is 0.241 e. The van der Waals surface area contributed by atoms with Crippen molar-refractivity contribution in [1.29, 1.82) is 0 Å². The van der Waals surface area contributed by atoms with Crippen molar-refractivity contribution in [3.05, 3.63) is 211 Å². The van der Waals surface area contributed by atoms with E-state index >= 15 is 0 Å². The van der Waals surface area contributed by atoms with Gasteiger partial charge in [-0.25, -0.2) is 4.98 Å².